The third-order valence-corrected chi connectivity index (χ3v) is 11.8. The van der Waals surface area contributed by atoms with E-state index in [1.807, 2.05) is 100 Å². The van der Waals surface area contributed by atoms with Crippen LogP contribution < -0.4 is 16.0 Å². The van der Waals surface area contributed by atoms with Gasteiger partial charge in [0.2, 0.25) is 11.8 Å². The van der Waals surface area contributed by atoms with Crippen LogP contribution in [0.1, 0.15) is 69.2 Å². The predicted molar refractivity (Wildman–Crippen MR) is 209 cm³/mol. The minimum Gasteiger partial charge on any atom is -0.390 e. The highest BCUT2D eigenvalue weighted by molar-refractivity contribution is 7.91. The molecule has 2 aromatic carbocycles. The molecule has 288 valence electrons. The lowest BCUT2D eigenvalue weighted by molar-refractivity contribution is -0.130. The number of nitrogens with one attached hydrogen (secondary N) is 3. The lowest BCUT2D eigenvalue weighted by Crippen LogP contribution is -2.60. The number of carbonyl (C=O) groups excluding carboxylic acids is 3. The molecule has 3 amide bonds. The summed E-state index contributed by atoms with van der Waals surface area (Å²) in [6, 6.07) is 22.8. The first kappa shape index (κ1) is 40.5. The molecule has 1 fully saturated rings. The Labute approximate surface area is 318 Å². The van der Waals surface area contributed by atoms with Gasteiger partial charge < -0.3 is 21.1 Å². The van der Waals surface area contributed by atoms with Crippen molar-refractivity contribution in [2.45, 2.75) is 94.7 Å². The molecule has 5 rings (SSSR count). The van der Waals surface area contributed by atoms with Crippen molar-refractivity contribution in [2.75, 3.05) is 13.1 Å². The van der Waals surface area contributed by atoms with Crippen LogP contribution in [0.3, 0.4) is 0 Å². The third-order valence-electron chi connectivity index (χ3n) is 9.63. The van der Waals surface area contributed by atoms with Crippen molar-refractivity contribution in [2.24, 2.45) is 5.92 Å². The number of benzene rings is 2. The number of para-hydroxylation sites is 1. The minimum absolute atomic E-state index is 0.00721. The number of aromatic nitrogens is 2. The van der Waals surface area contributed by atoms with Gasteiger partial charge in [0.25, 0.3) is 5.91 Å². The highest BCUT2D eigenvalue weighted by Crippen LogP contribution is 2.27. The maximum absolute atomic E-state index is 14.0. The summed E-state index contributed by atoms with van der Waals surface area (Å²) in [4.78, 5) is 51.6. The van der Waals surface area contributed by atoms with Gasteiger partial charge in [0.1, 0.15) is 11.7 Å². The number of fused-ring (bicyclic) bond motifs is 1. The topological polar surface area (TPSA) is 171 Å². The predicted octanol–water partition coefficient (Wildman–Crippen LogP) is 3.84. The average molecular weight is 757 g/mol. The number of aliphatic hydroxyl groups excluding tert-OH is 1. The summed E-state index contributed by atoms with van der Waals surface area (Å²) in [6.07, 6.45) is 0.974. The van der Waals surface area contributed by atoms with Gasteiger partial charge in [0, 0.05) is 30.2 Å². The lowest BCUT2D eigenvalue weighted by atomic mass is 9.95. The van der Waals surface area contributed by atoms with Crippen molar-refractivity contribution >= 4 is 38.5 Å². The van der Waals surface area contributed by atoms with Crippen LogP contribution in [0, 0.1) is 5.92 Å². The van der Waals surface area contributed by atoms with Crippen molar-refractivity contribution in [3.8, 4) is 0 Å². The van der Waals surface area contributed by atoms with Crippen LogP contribution in [-0.4, -0.2) is 94.2 Å². The number of sulfone groups is 1. The van der Waals surface area contributed by atoms with E-state index in [0.29, 0.717) is 11.2 Å². The van der Waals surface area contributed by atoms with E-state index in [1.165, 1.54) is 0 Å². The molecule has 54 heavy (non-hydrogen) atoms. The van der Waals surface area contributed by atoms with E-state index >= 15 is 0 Å². The SMILES string of the molecule is CC(C)[C@H](NC(=O)c1ccc2ccccc2n1)C(=O)N[C@@H](Cc1ccccc1)[C@H](O)CN1CC[C@@H](S(=O)(=O)Cc2ccccn2)CC1C(=O)NC(C)(C)C. The molecule has 0 saturated carbocycles. The monoisotopic (exact) mass is 756 g/mol. The summed E-state index contributed by atoms with van der Waals surface area (Å²) in [7, 11) is -3.66. The van der Waals surface area contributed by atoms with Crippen LogP contribution in [0.5, 0.6) is 0 Å². The fraction of sp³-hybridized carbons (Fsp3) is 0.439. The first-order chi connectivity index (χ1) is 25.6. The highest BCUT2D eigenvalue weighted by atomic mass is 32.2. The first-order valence-electron chi connectivity index (χ1n) is 18.5. The minimum atomic E-state index is -3.66. The van der Waals surface area contributed by atoms with Gasteiger partial charge in [0.05, 0.1) is 40.4 Å². The van der Waals surface area contributed by atoms with Crippen LogP contribution in [-0.2, 0) is 31.6 Å². The summed E-state index contributed by atoms with van der Waals surface area (Å²) in [5.41, 5.74) is 1.57. The second-order valence-corrected chi connectivity index (χ2v) is 17.8. The van der Waals surface area contributed by atoms with E-state index in [4.69, 9.17) is 0 Å². The van der Waals surface area contributed by atoms with Gasteiger partial charge in [-0.05, 0) is 75.8 Å². The molecule has 1 unspecified atom stereocenters. The molecule has 2 aromatic heterocycles. The van der Waals surface area contributed by atoms with Crippen molar-refractivity contribution in [1.82, 2.24) is 30.8 Å². The number of pyridine rings is 2. The van der Waals surface area contributed by atoms with E-state index in [1.54, 1.807) is 30.5 Å². The Morgan fingerprint density at radius 2 is 1.63 bits per heavy atom. The maximum atomic E-state index is 14.0. The van der Waals surface area contributed by atoms with E-state index in [2.05, 4.69) is 25.9 Å². The second kappa shape index (κ2) is 17.6. The summed E-state index contributed by atoms with van der Waals surface area (Å²) < 4.78 is 27.2. The average Bonchev–Trinajstić information content (AvgIpc) is 3.13. The quantitative estimate of drug-likeness (QED) is 0.149. The number of likely N-dealkylation sites (tertiary alicyclic amines) is 1. The molecule has 1 aliphatic rings. The van der Waals surface area contributed by atoms with Crippen molar-refractivity contribution < 1.29 is 27.9 Å². The van der Waals surface area contributed by atoms with E-state index < -0.39 is 56.7 Å². The summed E-state index contributed by atoms with van der Waals surface area (Å²) >= 11 is 0. The number of hydrogen-bond donors (Lipinski definition) is 4. The van der Waals surface area contributed by atoms with Crippen LogP contribution in [0.15, 0.2) is 91.1 Å². The zero-order valence-corrected chi connectivity index (χ0v) is 32.4. The summed E-state index contributed by atoms with van der Waals surface area (Å²) in [5, 5.41) is 20.9. The highest BCUT2D eigenvalue weighted by Gasteiger charge is 2.41. The van der Waals surface area contributed by atoms with Gasteiger partial charge in [-0.15, -0.1) is 0 Å². The number of amides is 3. The molecule has 0 radical (unpaired) electrons. The molecule has 1 aliphatic heterocycles. The van der Waals surface area contributed by atoms with E-state index in [0.717, 1.165) is 10.9 Å². The third kappa shape index (κ3) is 10.9. The number of β-amino-alcohol motifs (C(OH)–C–C–N with tert-alkyl or cyclic N) is 1. The number of hydrogen-bond acceptors (Lipinski definition) is 9. The molecule has 0 bridgehead atoms. The maximum Gasteiger partial charge on any atom is 0.270 e. The largest absolute Gasteiger partial charge is 0.390 e. The Kier molecular flexibility index (Phi) is 13.2. The molecular formula is C41H52N6O6S. The second-order valence-electron chi connectivity index (χ2n) is 15.5. The zero-order chi connectivity index (χ0) is 39.0. The Morgan fingerprint density at radius 3 is 2.31 bits per heavy atom. The fourth-order valence-corrected chi connectivity index (χ4v) is 8.55. The number of piperidine rings is 1. The number of carbonyl (C=O) groups is 3. The van der Waals surface area contributed by atoms with E-state index in [-0.39, 0.29) is 55.6 Å². The normalized spacial score (nSPS) is 18.4. The smallest absolute Gasteiger partial charge is 0.270 e. The molecule has 3 heterocycles. The van der Waals surface area contributed by atoms with Crippen molar-refractivity contribution in [1.29, 1.82) is 0 Å². The molecule has 0 spiro atoms. The van der Waals surface area contributed by atoms with Crippen LogP contribution in [0.4, 0.5) is 0 Å². The van der Waals surface area contributed by atoms with Gasteiger partial charge in [-0.3, -0.25) is 24.3 Å². The number of rotatable bonds is 14. The van der Waals surface area contributed by atoms with Gasteiger partial charge in [-0.2, -0.15) is 0 Å². The van der Waals surface area contributed by atoms with Crippen molar-refractivity contribution in [3.63, 3.8) is 0 Å². The van der Waals surface area contributed by atoms with Gasteiger partial charge in [0.15, 0.2) is 9.84 Å². The number of aliphatic hydroxyl groups is 1. The van der Waals surface area contributed by atoms with Crippen LogP contribution in [0.25, 0.3) is 10.9 Å². The summed E-state index contributed by atoms with van der Waals surface area (Å²) in [6.45, 7) is 9.44. The van der Waals surface area contributed by atoms with Gasteiger partial charge in [-0.25, -0.2) is 13.4 Å². The Morgan fingerprint density at radius 1 is 0.926 bits per heavy atom. The lowest BCUT2D eigenvalue weighted by Gasteiger charge is -2.41. The molecule has 13 heteroatoms. The van der Waals surface area contributed by atoms with Crippen molar-refractivity contribution in [3.05, 3.63) is 108 Å². The Hall–Kier alpha value is -4.72. The summed E-state index contributed by atoms with van der Waals surface area (Å²) in [5.74, 6) is -1.84. The van der Waals surface area contributed by atoms with Crippen LogP contribution in [0.2, 0.25) is 0 Å². The zero-order valence-electron chi connectivity index (χ0n) is 31.6. The standard InChI is InChI=1S/C41H52N6O6S/c1-27(2)37(45-38(49)33-19-18-29-15-9-10-17-32(29)43-33)40(51)44-34(23-28-13-7-6-8-14-28)36(48)25-47-22-20-31(24-35(47)39(50)46-41(3,4)5)54(52,53)26-30-16-11-12-21-42-30/h6-19,21,27,31,34-37,48H,20,22-26H2,1-5H3,(H,44,51)(H,45,49)(H,46,50)/t31-,34+,35?,36-,37+/m1/s1. The van der Waals surface area contributed by atoms with E-state index in [9.17, 15) is 27.9 Å². The van der Waals surface area contributed by atoms with Gasteiger partial charge in [-0.1, -0.05) is 74.5 Å². The molecule has 0 aliphatic carbocycles. The molecule has 12 nitrogen and oxygen atoms in total. The molecule has 1 saturated heterocycles. The molecule has 5 atom stereocenters. The molecule has 4 aromatic rings. The first-order valence-corrected chi connectivity index (χ1v) is 20.2. The van der Waals surface area contributed by atoms with Crippen LogP contribution >= 0.6 is 0 Å². The Bertz CT molecular complexity index is 2000. The Balaban J connectivity index is 1.35. The fourth-order valence-electron chi connectivity index (χ4n) is 6.79. The van der Waals surface area contributed by atoms with Gasteiger partial charge >= 0.3 is 0 Å². The number of nitrogens with zero attached hydrogens (tertiary/aromatic N) is 3. The molecule has 4 N–H and O–H groups in total. The molecular weight excluding hydrogens is 705 g/mol.